The van der Waals surface area contributed by atoms with Gasteiger partial charge in [-0.25, -0.2) is 18.2 Å². The average molecular weight is 420 g/mol. The first-order chi connectivity index (χ1) is 12.1. The third-order valence-electron chi connectivity index (χ3n) is 3.76. The Morgan fingerprint density at radius 2 is 1.56 bits per heavy atom. The number of sulfonamides is 1. The summed E-state index contributed by atoms with van der Waals surface area (Å²) in [6.07, 6.45) is -4.61. The Morgan fingerprint density at radius 1 is 1.00 bits per heavy atom. The molecule has 2 N–H and O–H groups in total. The zero-order valence-corrected chi connectivity index (χ0v) is 18.5. The Bertz CT molecular complexity index is 1040. The van der Waals surface area contributed by atoms with E-state index >= 15 is 0 Å². The summed E-state index contributed by atoms with van der Waals surface area (Å²) in [4.78, 5) is -0.138. The van der Waals surface area contributed by atoms with Gasteiger partial charge in [0.15, 0.2) is 5.69 Å². The summed E-state index contributed by atoms with van der Waals surface area (Å²) in [7, 11) is -3.90. The molecule has 0 atom stereocenters. The van der Waals surface area contributed by atoms with Crippen LogP contribution < -0.4 is 5.14 Å². The molecule has 2 aromatic carbocycles. The number of rotatable bonds is 3. The van der Waals surface area contributed by atoms with E-state index in [0.29, 0.717) is 5.56 Å². The standard InChI is InChI=1S/C17H14F3N3O2S.K/c1-11-2-4-12(5-3-11)15-10-16(17(18,19)20)22-23(15)13-6-8-14(9-7-13)26(21,24)25;/h2-10H,1H3,(H2,21,24,25);. The number of primary sulfonamides is 1. The van der Waals surface area contributed by atoms with Crippen LogP contribution in [0.15, 0.2) is 59.5 Å². The van der Waals surface area contributed by atoms with Gasteiger partial charge >= 0.3 is 6.18 Å². The van der Waals surface area contributed by atoms with Crippen LogP contribution in [0.25, 0.3) is 16.9 Å². The van der Waals surface area contributed by atoms with Crippen molar-refractivity contribution in [3.63, 3.8) is 0 Å². The third-order valence-corrected chi connectivity index (χ3v) is 4.69. The van der Waals surface area contributed by atoms with E-state index in [0.717, 1.165) is 16.3 Å². The number of hydrogen-bond donors (Lipinski definition) is 1. The Balaban J connectivity index is 0.00000261. The molecule has 0 fully saturated rings. The predicted molar refractivity (Wildman–Crippen MR) is 95.9 cm³/mol. The van der Waals surface area contributed by atoms with Gasteiger partial charge in [-0.05, 0) is 37.3 Å². The molecule has 0 aliphatic rings. The fourth-order valence-electron chi connectivity index (χ4n) is 2.42. The molecule has 0 spiro atoms. The molecule has 0 saturated carbocycles. The molecule has 0 aliphatic heterocycles. The SMILES string of the molecule is Cc1ccc(-c2cc(C(F)(F)F)nn2-c2ccc(S(N)(=O)=O)cc2)cc1.[K]. The van der Waals surface area contributed by atoms with Crippen molar-refractivity contribution in [3.05, 3.63) is 65.9 Å². The minimum absolute atomic E-state index is 0. The van der Waals surface area contributed by atoms with E-state index in [9.17, 15) is 21.6 Å². The zero-order chi connectivity index (χ0) is 19.1. The summed E-state index contributed by atoms with van der Waals surface area (Å²) in [6.45, 7) is 1.87. The van der Waals surface area contributed by atoms with Gasteiger partial charge in [0.05, 0.1) is 16.3 Å². The molecular weight excluding hydrogens is 406 g/mol. The largest absolute Gasteiger partial charge is 0.435 e. The van der Waals surface area contributed by atoms with E-state index in [1.807, 2.05) is 6.92 Å². The van der Waals surface area contributed by atoms with Crippen LogP contribution >= 0.6 is 0 Å². The summed E-state index contributed by atoms with van der Waals surface area (Å²) in [5.74, 6) is 0. The summed E-state index contributed by atoms with van der Waals surface area (Å²) < 4.78 is 63.2. The number of alkyl halides is 3. The van der Waals surface area contributed by atoms with E-state index in [1.54, 1.807) is 24.3 Å². The molecule has 0 bridgehead atoms. The van der Waals surface area contributed by atoms with Gasteiger partial charge < -0.3 is 0 Å². The molecule has 10 heteroatoms. The topological polar surface area (TPSA) is 78.0 Å². The molecule has 3 aromatic rings. The van der Waals surface area contributed by atoms with Gasteiger partial charge in [0.25, 0.3) is 0 Å². The second-order valence-electron chi connectivity index (χ2n) is 5.73. The maximum absolute atomic E-state index is 13.1. The molecular formula is C17H14F3KN3O2S. The second-order valence-corrected chi connectivity index (χ2v) is 7.29. The van der Waals surface area contributed by atoms with Crippen LogP contribution in [0.5, 0.6) is 0 Å². The van der Waals surface area contributed by atoms with Gasteiger partial charge in [-0.15, -0.1) is 0 Å². The summed E-state index contributed by atoms with van der Waals surface area (Å²) in [5, 5.41) is 8.70. The Hall–Kier alpha value is -1.01. The van der Waals surface area contributed by atoms with Crippen molar-refractivity contribution in [3.8, 4) is 16.9 Å². The molecule has 0 aliphatic carbocycles. The van der Waals surface area contributed by atoms with Crippen LogP contribution in [0.1, 0.15) is 11.3 Å². The molecule has 0 saturated heterocycles. The average Bonchev–Trinajstić information content (AvgIpc) is 3.00. The van der Waals surface area contributed by atoms with E-state index in [2.05, 4.69) is 5.10 Å². The van der Waals surface area contributed by atoms with Gasteiger partial charge in [0, 0.05) is 56.9 Å². The van der Waals surface area contributed by atoms with Gasteiger partial charge in [0.1, 0.15) is 0 Å². The Labute approximate surface area is 196 Å². The molecule has 1 aromatic heterocycles. The zero-order valence-electron chi connectivity index (χ0n) is 14.5. The van der Waals surface area contributed by atoms with E-state index < -0.39 is 21.9 Å². The van der Waals surface area contributed by atoms with Crippen LogP contribution in [-0.2, 0) is 16.2 Å². The van der Waals surface area contributed by atoms with Crippen LogP contribution in [0, 0.1) is 6.92 Å². The van der Waals surface area contributed by atoms with Crippen molar-refractivity contribution >= 4 is 61.4 Å². The molecule has 137 valence electrons. The van der Waals surface area contributed by atoms with Crippen molar-refractivity contribution in [2.75, 3.05) is 0 Å². The smallest absolute Gasteiger partial charge is 0.233 e. The summed E-state index contributed by atoms with van der Waals surface area (Å²) in [5.41, 5.74) is 0.996. The third kappa shape index (κ3) is 5.08. The number of hydrogen-bond acceptors (Lipinski definition) is 3. The van der Waals surface area contributed by atoms with Gasteiger partial charge in [-0.2, -0.15) is 18.3 Å². The van der Waals surface area contributed by atoms with Gasteiger partial charge in [-0.1, -0.05) is 29.8 Å². The number of benzene rings is 2. The van der Waals surface area contributed by atoms with E-state index in [-0.39, 0.29) is 67.7 Å². The number of aryl methyl sites for hydroxylation is 1. The minimum Gasteiger partial charge on any atom is -0.233 e. The van der Waals surface area contributed by atoms with Crippen molar-refractivity contribution in [1.82, 2.24) is 9.78 Å². The quantitative estimate of drug-likeness (QED) is 0.662. The fourth-order valence-corrected chi connectivity index (χ4v) is 2.94. The first kappa shape index (κ1) is 22.3. The second kappa shape index (κ2) is 8.15. The summed E-state index contributed by atoms with van der Waals surface area (Å²) >= 11 is 0. The van der Waals surface area contributed by atoms with Gasteiger partial charge in [-0.3, -0.25) is 0 Å². The normalized spacial score (nSPS) is 11.9. The van der Waals surface area contributed by atoms with Crippen LogP contribution in [0.4, 0.5) is 13.2 Å². The Morgan fingerprint density at radius 3 is 2.04 bits per heavy atom. The number of aromatic nitrogens is 2. The first-order valence-corrected chi connectivity index (χ1v) is 8.98. The summed E-state index contributed by atoms with van der Waals surface area (Å²) in [6, 6.07) is 13.1. The number of nitrogens with zero attached hydrogens (tertiary/aromatic N) is 2. The predicted octanol–water partition coefficient (Wildman–Crippen LogP) is 3.13. The fraction of sp³-hybridized carbons (Fsp3) is 0.118. The Kier molecular flexibility index (Phi) is 6.73. The molecule has 0 amide bonds. The number of halogens is 3. The van der Waals surface area contributed by atoms with E-state index in [1.165, 1.54) is 24.3 Å². The number of nitrogens with two attached hydrogens (primary N) is 1. The maximum atomic E-state index is 13.1. The van der Waals surface area contributed by atoms with Crippen molar-refractivity contribution in [2.24, 2.45) is 5.14 Å². The van der Waals surface area contributed by atoms with Crippen LogP contribution in [0.3, 0.4) is 0 Å². The maximum Gasteiger partial charge on any atom is 0.435 e. The van der Waals surface area contributed by atoms with Crippen molar-refractivity contribution in [1.29, 1.82) is 0 Å². The molecule has 1 radical (unpaired) electrons. The van der Waals surface area contributed by atoms with Crippen LogP contribution in [-0.4, -0.2) is 69.6 Å². The molecule has 1 heterocycles. The monoisotopic (exact) mass is 420 g/mol. The molecule has 5 nitrogen and oxygen atoms in total. The van der Waals surface area contributed by atoms with Crippen molar-refractivity contribution in [2.45, 2.75) is 18.0 Å². The molecule has 27 heavy (non-hydrogen) atoms. The van der Waals surface area contributed by atoms with Crippen molar-refractivity contribution < 1.29 is 21.6 Å². The molecule has 3 rings (SSSR count). The van der Waals surface area contributed by atoms with Gasteiger partial charge in [0.2, 0.25) is 10.0 Å². The van der Waals surface area contributed by atoms with Crippen LogP contribution in [0.2, 0.25) is 0 Å². The minimum atomic E-state index is -4.61. The van der Waals surface area contributed by atoms with E-state index in [4.69, 9.17) is 5.14 Å². The molecule has 0 unspecified atom stereocenters. The first-order valence-electron chi connectivity index (χ1n) is 7.43.